The van der Waals surface area contributed by atoms with Crippen molar-refractivity contribution in [3.8, 4) is 0 Å². The molecular weight excluding hydrogens is 222 g/mol. The van der Waals surface area contributed by atoms with Crippen LogP contribution in [-0.2, 0) is 0 Å². The second kappa shape index (κ2) is 4.50. The van der Waals surface area contributed by atoms with Crippen LogP contribution < -0.4 is 11.1 Å². The van der Waals surface area contributed by atoms with Crippen molar-refractivity contribution < 1.29 is 0 Å². The average Bonchev–Trinajstić information content (AvgIpc) is 2.15. The molecule has 0 aliphatic heterocycles. The third kappa shape index (κ3) is 2.40. The number of nitrogens with one attached hydrogen (secondary N) is 1. The molecule has 0 bridgehead atoms. The van der Waals surface area contributed by atoms with Gasteiger partial charge in [0.1, 0.15) is 11.0 Å². The molecule has 1 aliphatic rings. The maximum absolute atomic E-state index is 5.85. The van der Waals surface area contributed by atoms with Crippen LogP contribution in [0.4, 0.5) is 11.5 Å². The van der Waals surface area contributed by atoms with E-state index in [4.69, 9.17) is 17.3 Å². The molecule has 88 valence electrons. The highest BCUT2D eigenvalue weighted by Crippen LogP contribution is 2.43. The van der Waals surface area contributed by atoms with Crippen LogP contribution in [0, 0.1) is 5.41 Å². The maximum Gasteiger partial charge on any atom is 0.133 e. The minimum absolute atomic E-state index is 0.446. The Balaban J connectivity index is 1.98. The molecule has 0 aromatic carbocycles. The standard InChI is InChI=1S/C12H18ClN3/c1-2-12(4-3-5-12)8-15-11-7-9(14)6-10(13)16-11/h6-7H,2-5,8H2,1H3,(H3,14,15,16). The second-order valence-corrected chi connectivity index (χ2v) is 5.06. The number of halogens is 1. The number of rotatable bonds is 4. The summed E-state index contributed by atoms with van der Waals surface area (Å²) >= 11 is 5.85. The van der Waals surface area contributed by atoms with E-state index in [0.29, 0.717) is 16.3 Å². The molecule has 0 saturated heterocycles. The van der Waals surface area contributed by atoms with E-state index in [-0.39, 0.29) is 0 Å². The Labute approximate surface area is 101 Å². The van der Waals surface area contributed by atoms with Gasteiger partial charge in [-0.15, -0.1) is 0 Å². The largest absolute Gasteiger partial charge is 0.399 e. The number of nitrogens with zero attached hydrogens (tertiary/aromatic N) is 1. The fraction of sp³-hybridized carbons (Fsp3) is 0.583. The molecule has 1 aromatic heterocycles. The first-order valence-corrected chi connectivity index (χ1v) is 6.18. The summed E-state index contributed by atoms with van der Waals surface area (Å²) in [5, 5.41) is 3.79. The third-order valence-electron chi connectivity index (χ3n) is 3.63. The Morgan fingerprint density at radius 2 is 2.25 bits per heavy atom. The monoisotopic (exact) mass is 239 g/mol. The predicted octanol–water partition coefficient (Wildman–Crippen LogP) is 3.31. The molecule has 1 aliphatic carbocycles. The third-order valence-corrected chi connectivity index (χ3v) is 3.82. The predicted molar refractivity (Wildman–Crippen MR) is 68.7 cm³/mol. The highest BCUT2D eigenvalue weighted by atomic mass is 35.5. The number of hydrogen-bond acceptors (Lipinski definition) is 3. The van der Waals surface area contributed by atoms with Crippen molar-refractivity contribution in [2.45, 2.75) is 32.6 Å². The number of hydrogen-bond donors (Lipinski definition) is 2. The van der Waals surface area contributed by atoms with E-state index < -0.39 is 0 Å². The molecule has 2 rings (SSSR count). The van der Waals surface area contributed by atoms with Crippen LogP contribution in [0.5, 0.6) is 0 Å². The zero-order valence-electron chi connectivity index (χ0n) is 9.59. The van der Waals surface area contributed by atoms with Crippen molar-refractivity contribution in [2.75, 3.05) is 17.6 Å². The van der Waals surface area contributed by atoms with E-state index in [1.54, 1.807) is 6.07 Å². The Bertz CT molecular complexity index is 349. The lowest BCUT2D eigenvalue weighted by Gasteiger charge is -2.41. The van der Waals surface area contributed by atoms with Crippen LogP contribution >= 0.6 is 11.6 Å². The number of anilines is 2. The highest BCUT2D eigenvalue weighted by Gasteiger charge is 2.34. The molecule has 0 atom stereocenters. The average molecular weight is 240 g/mol. The molecule has 0 spiro atoms. The van der Waals surface area contributed by atoms with Crippen molar-refractivity contribution >= 4 is 23.1 Å². The topological polar surface area (TPSA) is 50.9 Å². The molecule has 4 heteroatoms. The molecular formula is C12H18ClN3. The van der Waals surface area contributed by atoms with Crippen LogP contribution in [-0.4, -0.2) is 11.5 Å². The van der Waals surface area contributed by atoms with Crippen molar-refractivity contribution in [1.82, 2.24) is 4.98 Å². The van der Waals surface area contributed by atoms with Crippen molar-refractivity contribution in [3.05, 3.63) is 17.3 Å². The molecule has 0 radical (unpaired) electrons. The van der Waals surface area contributed by atoms with E-state index in [1.807, 2.05) is 6.07 Å². The lowest BCUT2D eigenvalue weighted by atomic mass is 9.67. The minimum Gasteiger partial charge on any atom is -0.399 e. The summed E-state index contributed by atoms with van der Waals surface area (Å²) in [7, 11) is 0. The molecule has 3 nitrogen and oxygen atoms in total. The van der Waals surface area contributed by atoms with E-state index in [1.165, 1.54) is 25.7 Å². The SMILES string of the molecule is CCC1(CNc2cc(N)cc(Cl)n2)CCC1. The smallest absolute Gasteiger partial charge is 0.133 e. The number of pyridine rings is 1. The van der Waals surface area contributed by atoms with Crippen molar-refractivity contribution in [2.24, 2.45) is 5.41 Å². The lowest BCUT2D eigenvalue weighted by Crippen LogP contribution is -2.36. The quantitative estimate of drug-likeness (QED) is 0.793. The van der Waals surface area contributed by atoms with Gasteiger partial charge in [0.05, 0.1) is 0 Å². The summed E-state index contributed by atoms with van der Waals surface area (Å²) in [4.78, 5) is 4.20. The van der Waals surface area contributed by atoms with Gasteiger partial charge >= 0.3 is 0 Å². The van der Waals surface area contributed by atoms with Gasteiger partial charge in [0.25, 0.3) is 0 Å². The van der Waals surface area contributed by atoms with Gasteiger partial charge < -0.3 is 11.1 Å². The van der Waals surface area contributed by atoms with Crippen LogP contribution in [0.25, 0.3) is 0 Å². The van der Waals surface area contributed by atoms with Gasteiger partial charge in [0, 0.05) is 18.3 Å². The summed E-state index contributed by atoms with van der Waals surface area (Å²) in [5.74, 6) is 0.782. The van der Waals surface area contributed by atoms with Crippen LogP contribution in [0.3, 0.4) is 0 Å². The summed E-state index contributed by atoms with van der Waals surface area (Å²) in [6, 6.07) is 3.49. The zero-order chi connectivity index (χ0) is 11.6. The van der Waals surface area contributed by atoms with E-state index in [9.17, 15) is 0 Å². The van der Waals surface area contributed by atoms with Crippen LogP contribution in [0.1, 0.15) is 32.6 Å². The Kier molecular flexibility index (Phi) is 3.24. The van der Waals surface area contributed by atoms with Gasteiger partial charge in [-0.3, -0.25) is 0 Å². The molecule has 1 saturated carbocycles. The second-order valence-electron chi connectivity index (χ2n) is 4.67. The van der Waals surface area contributed by atoms with Gasteiger partial charge in [-0.05, 0) is 30.7 Å². The summed E-state index contributed by atoms with van der Waals surface area (Å²) in [6.45, 7) is 3.22. The summed E-state index contributed by atoms with van der Waals surface area (Å²) in [5.41, 5.74) is 6.84. The summed E-state index contributed by atoms with van der Waals surface area (Å²) in [6.07, 6.45) is 5.19. The Morgan fingerprint density at radius 3 is 2.75 bits per heavy atom. The molecule has 1 heterocycles. The molecule has 0 unspecified atom stereocenters. The molecule has 3 N–H and O–H groups in total. The summed E-state index contributed by atoms with van der Waals surface area (Å²) < 4.78 is 0. The van der Waals surface area contributed by atoms with E-state index in [2.05, 4.69) is 17.2 Å². The number of nitrogen functional groups attached to an aromatic ring is 1. The normalized spacial score (nSPS) is 17.9. The fourth-order valence-corrected chi connectivity index (χ4v) is 2.43. The Morgan fingerprint density at radius 1 is 1.50 bits per heavy atom. The molecule has 0 amide bonds. The lowest BCUT2D eigenvalue weighted by molar-refractivity contribution is 0.145. The van der Waals surface area contributed by atoms with Gasteiger partial charge in [0.2, 0.25) is 0 Å². The molecule has 1 fully saturated rings. The number of nitrogens with two attached hydrogens (primary N) is 1. The van der Waals surface area contributed by atoms with Gasteiger partial charge in [-0.1, -0.05) is 24.9 Å². The van der Waals surface area contributed by atoms with E-state index >= 15 is 0 Å². The fourth-order valence-electron chi connectivity index (χ4n) is 2.22. The van der Waals surface area contributed by atoms with Gasteiger partial charge in [-0.2, -0.15) is 0 Å². The first-order valence-electron chi connectivity index (χ1n) is 5.80. The molecule has 16 heavy (non-hydrogen) atoms. The number of aromatic nitrogens is 1. The minimum atomic E-state index is 0.446. The highest BCUT2D eigenvalue weighted by molar-refractivity contribution is 6.29. The van der Waals surface area contributed by atoms with E-state index in [0.717, 1.165) is 12.4 Å². The Hall–Kier alpha value is -0.960. The molecule has 1 aromatic rings. The van der Waals surface area contributed by atoms with Crippen molar-refractivity contribution in [1.29, 1.82) is 0 Å². The van der Waals surface area contributed by atoms with Gasteiger partial charge in [-0.25, -0.2) is 4.98 Å². The van der Waals surface area contributed by atoms with Crippen LogP contribution in [0.2, 0.25) is 5.15 Å². The van der Waals surface area contributed by atoms with Gasteiger partial charge in [0.15, 0.2) is 0 Å². The zero-order valence-corrected chi connectivity index (χ0v) is 10.3. The first kappa shape index (κ1) is 11.5. The maximum atomic E-state index is 5.85. The first-order chi connectivity index (χ1) is 7.63. The van der Waals surface area contributed by atoms with Crippen molar-refractivity contribution in [3.63, 3.8) is 0 Å². The van der Waals surface area contributed by atoms with Crippen LogP contribution in [0.15, 0.2) is 12.1 Å².